The van der Waals surface area contributed by atoms with Gasteiger partial charge in [0.2, 0.25) is 0 Å². The van der Waals surface area contributed by atoms with Crippen LogP contribution >= 0.6 is 0 Å². The number of aryl methyl sites for hydroxylation is 1. The van der Waals surface area contributed by atoms with Gasteiger partial charge in [-0.3, -0.25) is 14.5 Å². The van der Waals surface area contributed by atoms with Crippen molar-refractivity contribution >= 4 is 29.2 Å². The molecule has 2 aromatic rings. The van der Waals surface area contributed by atoms with Crippen LogP contribution in [-0.2, 0) is 24.7 Å². The maximum absolute atomic E-state index is 13.4. The molecule has 2 heterocycles. The van der Waals surface area contributed by atoms with E-state index in [9.17, 15) is 19.5 Å². The number of esters is 1. The van der Waals surface area contributed by atoms with Gasteiger partial charge in [0.25, 0.3) is 11.8 Å². The van der Waals surface area contributed by atoms with Gasteiger partial charge in [0, 0.05) is 16.9 Å². The van der Waals surface area contributed by atoms with Crippen LogP contribution in [0, 0.1) is 6.92 Å². The van der Waals surface area contributed by atoms with Gasteiger partial charge in [-0.25, -0.2) is 4.79 Å². The predicted octanol–water partition coefficient (Wildman–Crippen LogP) is 2.57. The lowest BCUT2D eigenvalue weighted by Crippen LogP contribution is -2.52. The highest BCUT2D eigenvalue weighted by atomic mass is 16.5. The summed E-state index contributed by atoms with van der Waals surface area (Å²) in [4.78, 5) is 40.3. The van der Waals surface area contributed by atoms with E-state index >= 15 is 0 Å². The number of rotatable bonds is 4. The normalized spacial score (nSPS) is 19.9. The minimum Gasteiger partial charge on any atom is -0.503 e. The molecule has 2 aliphatic heterocycles. The van der Waals surface area contributed by atoms with Gasteiger partial charge >= 0.3 is 5.97 Å². The molecular weight excluding hydrogens is 388 g/mol. The zero-order valence-electron chi connectivity index (χ0n) is 16.7. The number of anilines is 2. The van der Waals surface area contributed by atoms with Gasteiger partial charge in [0.1, 0.15) is 11.3 Å². The van der Waals surface area contributed by atoms with Crippen molar-refractivity contribution in [1.82, 2.24) is 0 Å². The van der Waals surface area contributed by atoms with Crippen LogP contribution in [-0.4, -0.2) is 36.6 Å². The fourth-order valence-corrected chi connectivity index (χ4v) is 4.04. The molecule has 1 spiro atoms. The Morgan fingerprint density at radius 1 is 1.17 bits per heavy atom. The van der Waals surface area contributed by atoms with E-state index in [2.05, 4.69) is 5.32 Å². The van der Waals surface area contributed by atoms with Crippen LogP contribution < -0.4 is 15.0 Å². The van der Waals surface area contributed by atoms with Gasteiger partial charge in [0.15, 0.2) is 11.3 Å². The Hall–Kier alpha value is -3.81. The summed E-state index contributed by atoms with van der Waals surface area (Å²) in [5.41, 5.74) is -0.323. The Labute approximate surface area is 172 Å². The molecule has 0 saturated heterocycles. The van der Waals surface area contributed by atoms with Gasteiger partial charge in [-0.2, -0.15) is 0 Å². The minimum absolute atomic E-state index is 0.318. The second-order valence-corrected chi connectivity index (χ2v) is 7.00. The number of amides is 2. The number of aliphatic hydroxyl groups excluding tert-OH is 1. The van der Waals surface area contributed by atoms with Crippen LogP contribution in [0.15, 0.2) is 53.8 Å². The summed E-state index contributed by atoms with van der Waals surface area (Å²) < 4.78 is 10.3. The number of nitrogens with one attached hydrogen (secondary N) is 1. The van der Waals surface area contributed by atoms with E-state index in [0.29, 0.717) is 29.3 Å². The second-order valence-electron chi connectivity index (χ2n) is 7.00. The lowest BCUT2D eigenvalue weighted by molar-refractivity contribution is -0.138. The molecule has 0 radical (unpaired) electrons. The van der Waals surface area contributed by atoms with Crippen LogP contribution in [0.2, 0.25) is 0 Å². The number of benzene rings is 2. The molecular formula is C22H20N2O6. The molecule has 8 nitrogen and oxygen atoms in total. The molecule has 1 atom stereocenters. The van der Waals surface area contributed by atoms with Crippen molar-refractivity contribution in [3.8, 4) is 5.75 Å². The number of hydrogen-bond donors (Lipinski definition) is 2. The smallest absolute Gasteiger partial charge is 0.341 e. The molecule has 1 unspecified atom stereocenters. The first kappa shape index (κ1) is 19.5. The number of hydrogen-bond acceptors (Lipinski definition) is 6. The van der Waals surface area contributed by atoms with Crippen LogP contribution in [0.1, 0.15) is 18.1 Å². The van der Waals surface area contributed by atoms with Gasteiger partial charge in [-0.05, 0) is 44.2 Å². The molecule has 8 heteroatoms. The van der Waals surface area contributed by atoms with Crippen molar-refractivity contribution in [3.63, 3.8) is 0 Å². The fraction of sp³-hybridized carbons (Fsp3) is 0.227. The quantitative estimate of drug-likeness (QED) is 0.754. The zero-order valence-corrected chi connectivity index (χ0v) is 16.7. The van der Waals surface area contributed by atoms with E-state index in [4.69, 9.17) is 9.47 Å². The van der Waals surface area contributed by atoms with Crippen LogP contribution in [0.3, 0.4) is 0 Å². The van der Waals surface area contributed by atoms with Crippen LogP contribution in [0.4, 0.5) is 11.4 Å². The lowest BCUT2D eigenvalue weighted by Gasteiger charge is -2.34. The Morgan fingerprint density at radius 3 is 2.50 bits per heavy atom. The molecule has 4 rings (SSSR count). The monoisotopic (exact) mass is 408 g/mol. The highest BCUT2D eigenvalue weighted by molar-refractivity contribution is 6.27. The first-order valence-corrected chi connectivity index (χ1v) is 9.38. The number of aliphatic hydroxyl groups is 1. The summed E-state index contributed by atoms with van der Waals surface area (Å²) in [6, 6.07) is 11.7. The average Bonchev–Trinajstić information content (AvgIpc) is 3.14. The summed E-state index contributed by atoms with van der Waals surface area (Å²) >= 11 is 0. The Bertz CT molecular complexity index is 1110. The third-order valence-corrected chi connectivity index (χ3v) is 5.28. The maximum atomic E-state index is 13.4. The largest absolute Gasteiger partial charge is 0.503 e. The molecule has 2 aliphatic rings. The number of ether oxygens (including phenoxy) is 2. The van der Waals surface area contributed by atoms with Crippen molar-refractivity contribution in [2.24, 2.45) is 0 Å². The molecule has 0 saturated carbocycles. The maximum Gasteiger partial charge on any atom is 0.341 e. The van der Waals surface area contributed by atoms with Crippen LogP contribution in [0.25, 0.3) is 0 Å². The van der Waals surface area contributed by atoms with Gasteiger partial charge in [-0.1, -0.05) is 17.7 Å². The second kappa shape index (κ2) is 6.91. The van der Waals surface area contributed by atoms with Crippen LogP contribution in [0.5, 0.6) is 5.75 Å². The molecule has 0 fully saturated rings. The van der Waals surface area contributed by atoms with Gasteiger partial charge < -0.3 is 19.9 Å². The number of fused-ring (bicyclic) bond motifs is 2. The summed E-state index contributed by atoms with van der Waals surface area (Å²) in [5.74, 6) is -2.70. The van der Waals surface area contributed by atoms with E-state index in [1.54, 1.807) is 42.5 Å². The summed E-state index contributed by atoms with van der Waals surface area (Å²) in [6.45, 7) is 4.14. The van der Waals surface area contributed by atoms with E-state index in [1.807, 2.05) is 13.8 Å². The first-order chi connectivity index (χ1) is 14.4. The predicted molar refractivity (Wildman–Crippen MR) is 108 cm³/mol. The molecule has 0 aromatic heterocycles. The standard InChI is InChI=1S/C22H20N2O6/c1-4-30-14-8-6-13(7-9-14)24-19(26)18(25)17(20(27)29-3)22(24)15-11-12(2)5-10-16(15)23-21(22)28/h5-11,25H,4H2,1-3H3,(H,23,28). The number of nitrogens with zero attached hydrogens (tertiary/aromatic N) is 1. The van der Waals surface area contributed by atoms with E-state index in [1.165, 1.54) is 0 Å². The number of methoxy groups -OCH3 is 1. The number of carbonyl (C=O) groups is 3. The molecule has 30 heavy (non-hydrogen) atoms. The highest BCUT2D eigenvalue weighted by Crippen LogP contribution is 2.52. The third-order valence-electron chi connectivity index (χ3n) is 5.28. The molecule has 2 amide bonds. The molecule has 154 valence electrons. The van der Waals surface area contributed by atoms with Gasteiger partial charge in [0.05, 0.1) is 13.7 Å². The summed E-state index contributed by atoms with van der Waals surface area (Å²) in [5, 5.41) is 13.4. The van der Waals surface area contributed by atoms with Crippen molar-refractivity contribution in [3.05, 3.63) is 64.9 Å². The third kappa shape index (κ3) is 2.50. The van der Waals surface area contributed by atoms with Crippen molar-refractivity contribution in [1.29, 1.82) is 0 Å². The average molecular weight is 408 g/mol. The van der Waals surface area contributed by atoms with E-state index in [0.717, 1.165) is 17.6 Å². The highest BCUT2D eigenvalue weighted by Gasteiger charge is 2.65. The van der Waals surface area contributed by atoms with Crippen molar-refractivity contribution < 1.29 is 29.0 Å². The molecule has 0 aliphatic carbocycles. The molecule has 0 bridgehead atoms. The topological polar surface area (TPSA) is 105 Å². The first-order valence-electron chi connectivity index (χ1n) is 9.38. The summed E-state index contributed by atoms with van der Waals surface area (Å²) in [6.07, 6.45) is 0. The number of carbonyl (C=O) groups excluding carboxylic acids is 3. The minimum atomic E-state index is -1.89. The molecule has 2 aromatic carbocycles. The summed E-state index contributed by atoms with van der Waals surface area (Å²) in [7, 11) is 1.13. The zero-order chi connectivity index (χ0) is 21.6. The van der Waals surface area contributed by atoms with Crippen molar-refractivity contribution in [2.45, 2.75) is 19.4 Å². The SMILES string of the molecule is CCOc1ccc(N2C(=O)C(O)=C(C(=O)OC)C23C(=O)Nc2ccc(C)cc23)cc1. The fourth-order valence-electron chi connectivity index (χ4n) is 4.04. The van der Waals surface area contributed by atoms with E-state index < -0.39 is 34.7 Å². The lowest BCUT2D eigenvalue weighted by atomic mass is 9.82. The Balaban J connectivity index is 2.00. The molecule has 2 N–H and O–H groups in total. The van der Waals surface area contributed by atoms with E-state index in [-0.39, 0.29) is 0 Å². The van der Waals surface area contributed by atoms with Crippen molar-refractivity contribution in [2.75, 3.05) is 23.9 Å². The van der Waals surface area contributed by atoms with Gasteiger partial charge in [-0.15, -0.1) is 0 Å². The Morgan fingerprint density at radius 2 is 1.87 bits per heavy atom. The Kier molecular flexibility index (Phi) is 4.49.